The van der Waals surface area contributed by atoms with Gasteiger partial charge >= 0.3 is 6.18 Å². The summed E-state index contributed by atoms with van der Waals surface area (Å²) in [6.45, 7) is 4.05. The molecule has 0 atom stereocenters. The van der Waals surface area contributed by atoms with Gasteiger partial charge in [-0.3, -0.25) is 4.79 Å². The number of hydrogen-bond acceptors (Lipinski definition) is 4. The average molecular weight is 366 g/mol. The number of anilines is 1. The third kappa shape index (κ3) is 5.18. The number of benzene rings is 1. The highest BCUT2D eigenvalue weighted by molar-refractivity contribution is 5.92. The van der Waals surface area contributed by atoms with Crippen LogP contribution in [0.4, 0.5) is 19.1 Å². The summed E-state index contributed by atoms with van der Waals surface area (Å²) in [4.78, 5) is 21.9. The van der Waals surface area contributed by atoms with Crippen molar-refractivity contribution < 1.29 is 18.0 Å². The predicted octanol–water partition coefficient (Wildman–Crippen LogP) is 3.55. The number of hydrogen-bond donors (Lipinski definition) is 1. The summed E-state index contributed by atoms with van der Waals surface area (Å²) in [5, 5.41) is 0. The number of carbonyl (C=O) groups excluding carboxylic acids is 1. The van der Waals surface area contributed by atoms with Crippen molar-refractivity contribution in [3.8, 4) is 0 Å². The average Bonchev–Trinajstić information content (AvgIpc) is 2.52. The zero-order valence-corrected chi connectivity index (χ0v) is 14.8. The molecule has 0 radical (unpaired) electrons. The van der Waals surface area contributed by atoms with Crippen LogP contribution in [0.3, 0.4) is 0 Å². The molecule has 1 heterocycles. The first-order valence-corrected chi connectivity index (χ1v) is 8.11. The molecule has 0 fully saturated rings. The fourth-order valence-corrected chi connectivity index (χ4v) is 2.54. The van der Waals surface area contributed by atoms with Crippen LogP contribution in [0.5, 0.6) is 0 Å². The number of carbonyl (C=O) groups is 1. The molecule has 1 aromatic heterocycles. The minimum atomic E-state index is -4.43. The van der Waals surface area contributed by atoms with Crippen molar-refractivity contribution in [1.82, 2.24) is 14.9 Å². The molecule has 0 aliphatic heterocycles. The van der Waals surface area contributed by atoms with Gasteiger partial charge < -0.3 is 10.6 Å². The summed E-state index contributed by atoms with van der Waals surface area (Å²) in [6.07, 6.45) is -3.78. The van der Waals surface area contributed by atoms with Gasteiger partial charge in [-0.05, 0) is 36.1 Å². The first-order chi connectivity index (χ1) is 12.1. The van der Waals surface area contributed by atoms with Crippen molar-refractivity contribution >= 4 is 11.9 Å². The minimum absolute atomic E-state index is 0.000955. The summed E-state index contributed by atoms with van der Waals surface area (Å²) in [5.74, 6) is -0.101. The van der Waals surface area contributed by atoms with Gasteiger partial charge in [0.2, 0.25) is 5.95 Å². The highest BCUT2D eigenvalue weighted by Crippen LogP contribution is 2.29. The van der Waals surface area contributed by atoms with Gasteiger partial charge in [-0.2, -0.15) is 13.2 Å². The normalized spacial score (nSPS) is 11.7. The van der Waals surface area contributed by atoms with E-state index in [-0.39, 0.29) is 18.2 Å². The van der Waals surface area contributed by atoms with E-state index in [9.17, 15) is 18.0 Å². The van der Waals surface area contributed by atoms with Gasteiger partial charge in [0.1, 0.15) is 5.69 Å². The molecule has 2 aromatic rings. The van der Waals surface area contributed by atoms with E-state index in [4.69, 9.17) is 5.73 Å². The fourth-order valence-electron chi connectivity index (χ4n) is 2.54. The van der Waals surface area contributed by atoms with E-state index < -0.39 is 17.6 Å². The standard InChI is InChI=1S/C18H21F3N4O/c1-11(2)7-14-9-15(24-17(22)23-14)16(26)25(3)10-12-5-4-6-13(8-12)18(19,20)21/h4-6,8-9,11H,7,10H2,1-3H3,(H2,22,23,24). The molecule has 140 valence electrons. The monoisotopic (exact) mass is 366 g/mol. The SMILES string of the molecule is CC(C)Cc1cc(C(=O)N(C)Cc2cccc(C(F)(F)F)c2)nc(N)n1. The van der Waals surface area contributed by atoms with Crippen molar-refractivity contribution in [2.75, 3.05) is 12.8 Å². The van der Waals surface area contributed by atoms with Gasteiger partial charge in [-0.25, -0.2) is 9.97 Å². The summed E-state index contributed by atoms with van der Waals surface area (Å²) >= 11 is 0. The second kappa shape index (κ2) is 7.72. The smallest absolute Gasteiger partial charge is 0.368 e. The fraction of sp³-hybridized carbons (Fsp3) is 0.389. The lowest BCUT2D eigenvalue weighted by molar-refractivity contribution is -0.137. The maximum Gasteiger partial charge on any atom is 0.416 e. The maximum absolute atomic E-state index is 12.8. The first-order valence-electron chi connectivity index (χ1n) is 8.11. The van der Waals surface area contributed by atoms with Crippen LogP contribution in [0.1, 0.15) is 41.2 Å². The van der Waals surface area contributed by atoms with Gasteiger partial charge in [-0.15, -0.1) is 0 Å². The number of nitrogen functional groups attached to an aromatic ring is 1. The molecule has 1 amide bonds. The van der Waals surface area contributed by atoms with Gasteiger partial charge in [0.25, 0.3) is 5.91 Å². The Hall–Kier alpha value is -2.64. The van der Waals surface area contributed by atoms with Gasteiger partial charge in [0, 0.05) is 19.3 Å². The van der Waals surface area contributed by atoms with Crippen LogP contribution < -0.4 is 5.73 Å². The van der Waals surface area contributed by atoms with E-state index in [1.807, 2.05) is 13.8 Å². The molecule has 0 bridgehead atoms. The molecule has 1 aromatic carbocycles. The Morgan fingerprint density at radius 3 is 2.54 bits per heavy atom. The molecule has 0 aliphatic carbocycles. The first kappa shape index (κ1) is 19.7. The summed E-state index contributed by atoms with van der Waals surface area (Å²) in [6, 6.07) is 6.45. The van der Waals surface area contributed by atoms with Crippen LogP contribution in [-0.4, -0.2) is 27.8 Å². The second-order valence-electron chi connectivity index (χ2n) is 6.56. The molecule has 2 N–H and O–H groups in total. The zero-order valence-electron chi connectivity index (χ0n) is 14.8. The number of aromatic nitrogens is 2. The molecule has 0 aliphatic rings. The molecule has 8 heteroatoms. The number of amides is 1. The summed E-state index contributed by atoms with van der Waals surface area (Å²) in [7, 11) is 1.50. The van der Waals surface area contributed by atoms with Crippen molar-refractivity contribution in [2.45, 2.75) is 33.0 Å². The van der Waals surface area contributed by atoms with Gasteiger partial charge in [-0.1, -0.05) is 26.0 Å². The number of alkyl halides is 3. The van der Waals surface area contributed by atoms with E-state index in [2.05, 4.69) is 9.97 Å². The van der Waals surface area contributed by atoms with Crippen LogP contribution in [0.2, 0.25) is 0 Å². The lowest BCUT2D eigenvalue weighted by Crippen LogP contribution is -2.28. The summed E-state index contributed by atoms with van der Waals surface area (Å²) in [5.41, 5.74) is 6.09. The van der Waals surface area contributed by atoms with Crippen molar-refractivity contribution in [3.63, 3.8) is 0 Å². The highest BCUT2D eigenvalue weighted by Gasteiger charge is 2.30. The van der Waals surface area contributed by atoms with Crippen LogP contribution in [0.25, 0.3) is 0 Å². The van der Waals surface area contributed by atoms with Gasteiger partial charge in [0.15, 0.2) is 0 Å². The van der Waals surface area contributed by atoms with Crippen LogP contribution >= 0.6 is 0 Å². The van der Waals surface area contributed by atoms with E-state index in [1.165, 1.54) is 24.1 Å². The summed E-state index contributed by atoms with van der Waals surface area (Å²) < 4.78 is 38.4. The van der Waals surface area contributed by atoms with E-state index in [1.54, 1.807) is 6.07 Å². The highest BCUT2D eigenvalue weighted by atomic mass is 19.4. The number of rotatable bonds is 5. The Labute approximate surface area is 150 Å². The Kier molecular flexibility index (Phi) is 5.84. The van der Waals surface area contributed by atoms with Crippen molar-refractivity contribution in [1.29, 1.82) is 0 Å². The van der Waals surface area contributed by atoms with Crippen molar-refractivity contribution in [2.24, 2.45) is 5.92 Å². The Balaban J connectivity index is 2.19. The lowest BCUT2D eigenvalue weighted by Gasteiger charge is -2.18. The van der Waals surface area contributed by atoms with Gasteiger partial charge in [0.05, 0.1) is 5.56 Å². The largest absolute Gasteiger partial charge is 0.416 e. The lowest BCUT2D eigenvalue weighted by atomic mass is 10.1. The maximum atomic E-state index is 12.8. The minimum Gasteiger partial charge on any atom is -0.368 e. The van der Waals surface area contributed by atoms with Crippen LogP contribution in [-0.2, 0) is 19.1 Å². The third-order valence-electron chi connectivity index (χ3n) is 3.65. The molecular formula is C18H21F3N4O. The molecule has 0 saturated carbocycles. The van der Waals surface area contributed by atoms with E-state index in [0.717, 1.165) is 12.1 Å². The Morgan fingerprint density at radius 2 is 1.92 bits per heavy atom. The quantitative estimate of drug-likeness (QED) is 0.878. The number of nitrogens with zero attached hydrogens (tertiary/aromatic N) is 3. The number of nitrogens with two attached hydrogens (primary N) is 1. The Morgan fingerprint density at radius 1 is 1.23 bits per heavy atom. The number of halogens is 3. The van der Waals surface area contributed by atoms with E-state index >= 15 is 0 Å². The third-order valence-corrected chi connectivity index (χ3v) is 3.65. The van der Waals surface area contributed by atoms with E-state index in [0.29, 0.717) is 23.6 Å². The zero-order chi connectivity index (χ0) is 19.5. The second-order valence-corrected chi connectivity index (χ2v) is 6.56. The molecule has 0 unspecified atom stereocenters. The molecule has 2 rings (SSSR count). The molecule has 26 heavy (non-hydrogen) atoms. The molecule has 0 spiro atoms. The predicted molar refractivity (Wildman–Crippen MR) is 92.2 cm³/mol. The van der Waals surface area contributed by atoms with Crippen LogP contribution in [0.15, 0.2) is 30.3 Å². The topological polar surface area (TPSA) is 72.1 Å². The molecule has 0 saturated heterocycles. The molecular weight excluding hydrogens is 345 g/mol. The Bertz CT molecular complexity index is 790. The molecule has 5 nitrogen and oxygen atoms in total. The van der Waals surface area contributed by atoms with Crippen molar-refractivity contribution in [3.05, 3.63) is 52.8 Å². The van der Waals surface area contributed by atoms with Crippen LogP contribution in [0, 0.1) is 5.92 Å².